The van der Waals surface area contributed by atoms with Gasteiger partial charge in [-0.3, -0.25) is 0 Å². The van der Waals surface area contributed by atoms with E-state index in [-0.39, 0.29) is 0 Å². The summed E-state index contributed by atoms with van der Waals surface area (Å²) in [5.41, 5.74) is 6.78. The number of rotatable bonds is 5. The molecule has 0 amide bonds. The van der Waals surface area contributed by atoms with Crippen molar-refractivity contribution in [3.05, 3.63) is 23.8 Å². The Bertz CT molecular complexity index is 359. The normalized spacial score (nSPS) is 16.1. The Morgan fingerprint density at radius 3 is 2.65 bits per heavy atom. The van der Waals surface area contributed by atoms with Gasteiger partial charge in [-0.25, -0.2) is 0 Å². The van der Waals surface area contributed by atoms with Crippen molar-refractivity contribution in [3.63, 3.8) is 0 Å². The molecule has 0 saturated heterocycles. The molecule has 2 rings (SSSR count). The molecule has 0 heterocycles. The van der Waals surface area contributed by atoms with Crippen LogP contribution in [0.25, 0.3) is 0 Å². The van der Waals surface area contributed by atoms with Crippen LogP contribution in [0.4, 0.5) is 0 Å². The second-order valence-electron chi connectivity index (χ2n) is 4.55. The molecule has 0 spiro atoms. The highest BCUT2D eigenvalue weighted by atomic mass is 16.5. The fourth-order valence-electron chi connectivity index (χ4n) is 2.32. The third kappa shape index (κ3) is 3.13. The molecule has 2 N–H and O–H groups in total. The van der Waals surface area contributed by atoms with Crippen molar-refractivity contribution in [1.29, 1.82) is 0 Å². The van der Waals surface area contributed by atoms with Crippen molar-refractivity contribution in [2.24, 2.45) is 5.73 Å². The van der Waals surface area contributed by atoms with Crippen LogP contribution < -0.4 is 15.2 Å². The molecule has 1 aromatic carbocycles. The van der Waals surface area contributed by atoms with Gasteiger partial charge in [0.2, 0.25) is 0 Å². The molecule has 3 nitrogen and oxygen atoms in total. The second kappa shape index (κ2) is 5.92. The average molecular weight is 235 g/mol. The van der Waals surface area contributed by atoms with Crippen molar-refractivity contribution in [2.75, 3.05) is 13.7 Å². The van der Waals surface area contributed by atoms with Crippen LogP contribution in [-0.2, 0) is 6.42 Å². The molecule has 1 fully saturated rings. The predicted molar refractivity (Wildman–Crippen MR) is 68.6 cm³/mol. The van der Waals surface area contributed by atoms with Crippen LogP contribution in [0.1, 0.15) is 31.2 Å². The summed E-state index contributed by atoms with van der Waals surface area (Å²) >= 11 is 0. The van der Waals surface area contributed by atoms with Crippen LogP contribution in [0.2, 0.25) is 0 Å². The van der Waals surface area contributed by atoms with E-state index in [2.05, 4.69) is 6.07 Å². The van der Waals surface area contributed by atoms with Crippen molar-refractivity contribution in [3.8, 4) is 11.5 Å². The van der Waals surface area contributed by atoms with Gasteiger partial charge in [-0.2, -0.15) is 0 Å². The smallest absolute Gasteiger partial charge is 0.161 e. The van der Waals surface area contributed by atoms with Crippen LogP contribution in [0.3, 0.4) is 0 Å². The fraction of sp³-hybridized carbons (Fsp3) is 0.571. The van der Waals surface area contributed by atoms with E-state index >= 15 is 0 Å². The molecular weight excluding hydrogens is 214 g/mol. The Morgan fingerprint density at radius 1 is 1.24 bits per heavy atom. The lowest BCUT2D eigenvalue weighted by Crippen LogP contribution is -2.12. The zero-order valence-electron chi connectivity index (χ0n) is 10.4. The highest BCUT2D eigenvalue weighted by Crippen LogP contribution is 2.32. The molecule has 0 unspecified atom stereocenters. The van der Waals surface area contributed by atoms with Gasteiger partial charge in [-0.05, 0) is 56.3 Å². The maximum atomic E-state index is 6.02. The molecule has 17 heavy (non-hydrogen) atoms. The number of benzene rings is 1. The van der Waals surface area contributed by atoms with Gasteiger partial charge in [0.05, 0.1) is 13.2 Å². The molecule has 0 radical (unpaired) electrons. The zero-order valence-corrected chi connectivity index (χ0v) is 10.4. The van der Waals surface area contributed by atoms with E-state index in [0.29, 0.717) is 12.6 Å². The Labute approximate surface area is 103 Å². The minimum absolute atomic E-state index is 0.358. The van der Waals surface area contributed by atoms with Gasteiger partial charge in [0.1, 0.15) is 0 Å². The lowest BCUT2D eigenvalue weighted by molar-refractivity contribution is 0.200. The van der Waals surface area contributed by atoms with Crippen molar-refractivity contribution >= 4 is 0 Å². The number of hydrogen-bond acceptors (Lipinski definition) is 3. The largest absolute Gasteiger partial charge is 0.493 e. The fourth-order valence-corrected chi connectivity index (χ4v) is 2.32. The van der Waals surface area contributed by atoms with Gasteiger partial charge >= 0.3 is 0 Å². The van der Waals surface area contributed by atoms with Crippen molar-refractivity contribution in [1.82, 2.24) is 0 Å². The summed E-state index contributed by atoms with van der Waals surface area (Å²) in [7, 11) is 1.68. The third-order valence-electron chi connectivity index (χ3n) is 3.26. The topological polar surface area (TPSA) is 44.5 Å². The quantitative estimate of drug-likeness (QED) is 0.853. The zero-order chi connectivity index (χ0) is 12.1. The average Bonchev–Trinajstić information content (AvgIpc) is 2.83. The lowest BCUT2D eigenvalue weighted by Gasteiger charge is -2.16. The van der Waals surface area contributed by atoms with Gasteiger partial charge in [-0.1, -0.05) is 6.07 Å². The molecule has 0 atom stereocenters. The van der Waals surface area contributed by atoms with Gasteiger partial charge in [0.25, 0.3) is 0 Å². The Morgan fingerprint density at radius 2 is 2.00 bits per heavy atom. The van der Waals surface area contributed by atoms with E-state index < -0.39 is 0 Å². The third-order valence-corrected chi connectivity index (χ3v) is 3.26. The summed E-state index contributed by atoms with van der Waals surface area (Å²) in [6.45, 7) is 0.662. The highest BCUT2D eigenvalue weighted by Gasteiger charge is 2.18. The molecule has 3 heteroatoms. The van der Waals surface area contributed by atoms with Gasteiger partial charge in [0.15, 0.2) is 11.5 Å². The summed E-state index contributed by atoms with van der Waals surface area (Å²) in [5.74, 6) is 1.68. The van der Waals surface area contributed by atoms with Crippen LogP contribution in [0, 0.1) is 0 Å². The lowest BCUT2D eigenvalue weighted by atomic mass is 10.1. The first kappa shape index (κ1) is 12.2. The predicted octanol–water partition coefficient (Wildman–Crippen LogP) is 2.52. The Balaban J connectivity index is 2.12. The standard InChI is InChI=1S/C14H21NO2/c1-16-13-7-6-11(8-9-15)10-14(13)17-12-4-2-3-5-12/h6-7,10,12H,2-5,8-9,15H2,1H3. The SMILES string of the molecule is COc1ccc(CCN)cc1OC1CCCC1. The van der Waals surface area contributed by atoms with Crippen LogP contribution >= 0.6 is 0 Å². The van der Waals surface area contributed by atoms with E-state index in [1.54, 1.807) is 7.11 Å². The van der Waals surface area contributed by atoms with E-state index in [1.807, 2.05) is 12.1 Å². The first-order chi connectivity index (χ1) is 8.33. The molecule has 1 saturated carbocycles. The monoisotopic (exact) mass is 235 g/mol. The van der Waals surface area contributed by atoms with Crippen LogP contribution in [-0.4, -0.2) is 19.8 Å². The van der Waals surface area contributed by atoms with Crippen LogP contribution in [0.15, 0.2) is 18.2 Å². The van der Waals surface area contributed by atoms with E-state index in [1.165, 1.54) is 18.4 Å². The minimum atomic E-state index is 0.358. The van der Waals surface area contributed by atoms with Gasteiger partial charge < -0.3 is 15.2 Å². The van der Waals surface area contributed by atoms with E-state index in [9.17, 15) is 0 Å². The molecule has 0 aliphatic heterocycles. The maximum Gasteiger partial charge on any atom is 0.161 e. The summed E-state index contributed by atoms with van der Waals surface area (Å²) in [5, 5.41) is 0. The maximum absolute atomic E-state index is 6.02. The number of nitrogens with two attached hydrogens (primary N) is 1. The number of methoxy groups -OCH3 is 1. The first-order valence-electron chi connectivity index (χ1n) is 6.37. The molecule has 94 valence electrons. The molecular formula is C14H21NO2. The summed E-state index contributed by atoms with van der Waals surface area (Å²) in [6.07, 6.45) is 6.10. The first-order valence-corrected chi connectivity index (χ1v) is 6.37. The molecule has 1 aromatic rings. The van der Waals surface area contributed by atoms with Gasteiger partial charge in [0, 0.05) is 0 Å². The van der Waals surface area contributed by atoms with E-state index in [0.717, 1.165) is 30.8 Å². The van der Waals surface area contributed by atoms with Gasteiger partial charge in [-0.15, -0.1) is 0 Å². The summed E-state index contributed by atoms with van der Waals surface area (Å²) in [6, 6.07) is 6.08. The van der Waals surface area contributed by atoms with E-state index in [4.69, 9.17) is 15.2 Å². The minimum Gasteiger partial charge on any atom is -0.493 e. The molecule has 0 bridgehead atoms. The van der Waals surface area contributed by atoms with Crippen molar-refractivity contribution < 1.29 is 9.47 Å². The Hall–Kier alpha value is -1.22. The summed E-state index contributed by atoms with van der Waals surface area (Å²) in [4.78, 5) is 0. The summed E-state index contributed by atoms with van der Waals surface area (Å²) < 4.78 is 11.4. The number of ether oxygens (including phenoxy) is 2. The van der Waals surface area contributed by atoms with Crippen molar-refractivity contribution in [2.45, 2.75) is 38.2 Å². The second-order valence-corrected chi connectivity index (χ2v) is 4.55. The Kier molecular flexibility index (Phi) is 4.26. The highest BCUT2D eigenvalue weighted by molar-refractivity contribution is 5.43. The number of hydrogen-bond donors (Lipinski definition) is 1. The molecule has 1 aliphatic carbocycles. The molecule has 0 aromatic heterocycles. The molecule has 1 aliphatic rings. The van der Waals surface area contributed by atoms with Crippen LogP contribution in [0.5, 0.6) is 11.5 Å².